The molecular formula is C17H21ClN6OS. The van der Waals surface area contributed by atoms with Crippen molar-refractivity contribution in [3.05, 3.63) is 41.7 Å². The Labute approximate surface area is 162 Å². The Morgan fingerprint density at radius 2 is 2.08 bits per heavy atom. The number of halogens is 1. The molecule has 1 aromatic carbocycles. The quantitative estimate of drug-likeness (QED) is 0.661. The summed E-state index contributed by atoms with van der Waals surface area (Å²) in [5, 5.41) is 12.2. The monoisotopic (exact) mass is 392 g/mol. The Bertz CT molecular complexity index is 807. The van der Waals surface area contributed by atoms with E-state index in [-0.39, 0.29) is 12.4 Å². The molecule has 0 amide bonds. The first-order valence-electron chi connectivity index (χ1n) is 8.47. The van der Waals surface area contributed by atoms with E-state index in [1.807, 2.05) is 30.5 Å². The second-order valence-electron chi connectivity index (χ2n) is 6.18. The van der Waals surface area contributed by atoms with E-state index < -0.39 is 0 Å². The van der Waals surface area contributed by atoms with Gasteiger partial charge in [-0.3, -0.25) is 0 Å². The first-order valence-corrected chi connectivity index (χ1v) is 9.29. The van der Waals surface area contributed by atoms with Crippen LogP contribution in [0, 0.1) is 0 Å². The van der Waals surface area contributed by atoms with Crippen LogP contribution in [0.4, 0.5) is 5.13 Å². The molecule has 1 atom stereocenters. The number of benzene rings is 1. The van der Waals surface area contributed by atoms with Crippen LogP contribution in [0.2, 0.25) is 0 Å². The molecule has 2 aromatic heterocycles. The van der Waals surface area contributed by atoms with Gasteiger partial charge in [0.2, 0.25) is 0 Å². The first kappa shape index (κ1) is 18.6. The summed E-state index contributed by atoms with van der Waals surface area (Å²) in [5.41, 5.74) is 0.900. The molecule has 7 nitrogen and oxygen atoms in total. The minimum atomic E-state index is 0. The Morgan fingerprint density at radius 3 is 2.81 bits per heavy atom. The van der Waals surface area contributed by atoms with E-state index in [0.29, 0.717) is 12.6 Å². The largest absolute Gasteiger partial charge is 0.488 e. The van der Waals surface area contributed by atoms with Crippen molar-refractivity contribution in [2.24, 2.45) is 0 Å². The van der Waals surface area contributed by atoms with E-state index >= 15 is 0 Å². The first-order chi connectivity index (χ1) is 12.3. The van der Waals surface area contributed by atoms with Gasteiger partial charge in [-0.05, 0) is 60.9 Å². The van der Waals surface area contributed by atoms with Crippen molar-refractivity contribution >= 4 is 28.9 Å². The molecule has 3 heterocycles. The molecule has 138 valence electrons. The van der Waals surface area contributed by atoms with Gasteiger partial charge in [-0.1, -0.05) is 11.3 Å². The van der Waals surface area contributed by atoms with Crippen molar-refractivity contribution < 1.29 is 4.74 Å². The number of tetrazole rings is 1. The predicted molar refractivity (Wildman–Crippen MR) is 104 cm³/mol. The summed E-state index contributed by atoms with van der Waals surface area (Å²) in [6, 6.07) is 8.28. The van der Waals surface area contributed by atoms with Gasteiger partial charge < -0.3 is 9.64 Å². The summed E-state index contributed by atoms with van der Waals surface area (Å²) in [6.45, 7) is 3.92. The number of hydrogen-bond acceptors (Lipinski definition) is 7. The number of aromatic nitrogens is 5. The highest BCUT2D eigenvalue weighted by Crippen LogP contribution is 2.29. The van der Waals surface area contributed by atoms with Gasteiger partial charge >= 0.3 is 0 Å². The normalized spacial score (nSPS) is 17.0. The minimum Gasteiger partial charge on any atom is -0.488 e. The topological polar surface area (TPSA) is 69.0 Å². The Hall–Kier alpha value is -2.19. The zero-order valence-corrected chi connectivity index (χ0v) is 16.1. The number of anilines is 1. The summed E-state index contributed by atoms with van der Waals surface area (Å²) in [4.78, 5) is 8.14. The maximum absolute atomic E-state index is 5.88. The van der Waals surface area contributed by atoms with E-state index in [4.69, 9.17) is 4.74 Å². The van der Waals surface area contributed by atoms with Gasteiger partial charge in [0.1, 0.15) is 18.7 Å². The Balaban J connectivity index is 0.00000196. The van der Waals surface area contributed by atoms with Crippen molar-refractivity contribution in [1.82, 2.24) is 25.2 Å². The second kappa shape index (κ2) is 8.46. The highest BCUT2D eigenvalue weighted by atomic mass is 35.5. The number of nitrogens with zero attached hydrogens (tertiary/aromatic N) is 6. The molecule has 1 fully saturated rings. The molecule has 0 radical (unpaired) electrons. The Kier molecular flexibility index (Phi) is 6.05. The third kappa shape index (κ3) is 4.13. The molecule has 0 N–H and O–H groups in total. The molecule has 3 aromatic rings. The summed E-state index contributed by atoms with van der Waals surface area (Å²) >= 11 is 1.72. The molecule has 1 saturated heterocycles. The van der Waals surface area contributed by atoms with Crippen LogP contribution in [0.5, 0.6) is 5.75 Å². The van der Waals surface area contributed by atoms with Crippen molar-refractivity contribution in [2.45, 2.75) is 38.8 Å². The fourth-order valence-corrected chi connectivity index (χ4v) is 3.96. The van der Waals surface area contributed by atoms with Crippen LogP contribution >= 0.6 is 23.7 Å². The molecule has 26 heavy (non-hydrogen) atoms. The van der Waals surface area contributed by atoms with Gasteiger partial charge in [0, 0.05) is 18.8 Å². The number of hydrogen-bond donors (Lipinski definition) is 0. The van der Waals surface area contributed by atoms with Crippen molar-refractivity contribution in [3.63, 3.8) is 0 Å². The molecular weight excluding hydrogens is 372 g/mol. The smallest absolute Gasteiger partial charge is 0.185 e. The fraction of sp³-hybridized carbons (Fsp3) is 0.412. The SMILES string of the molecule is CC1CCCCN1c1ncc(COc2ccc(-n3cnnn3)cc2)s1.Cl. The van der Waals surface area contributed by atoms with Crippen LogP contribution in [0.3, 0.4) is 0 Å². The predicted octanol–water partition coefficient (Wildman–Crippen LogP) is 3.50. The number of piperidine rings is 1. The third-order valence-corrected chi connectivity index (χ3v) is 5.43. The second-order valence-corrected chi connectivity index (χ2v) is 7.28. The van der Waals surface area contributed by atoms with Crippen LogP contribution in [0.25, 0.3) is 5.69 Å². The van der Waals surface area contributed by atoms with Crippen LogP contribution < -0.4 is 9.64 Å². The van der Waals surface area contributed by atoms with E-state index in [9.17, 15) is 0 Å². The molecule has 0 spiro atoms. The van der Waals surface area contributed by atoms with Crippen LogP contribution in [-0.2, 0) is 6.61 Å². The number of rotatable bonds is 5. The van der Waals surface area contributed by atoms with Crippen LogP contribution in [0.15, 0.2) is 36.8 Å². The van der Waals surface area contributed by atoms with Crippen molar-refractivity contribution in [2.75, 3.05) is 11.4 Å². The lowest BCUT2D eigenvalue weighted by molar-refractivity contribution is 0.309. The molecule has 9 heteroatoms. The fourth-order valence-electron chi connectivity index (χ4n) is 3.01. The Morgan fingerprint density at radius 1 is 1.23 bits per heavy atom. The molecule has 0 aliphatic carbocycles. The summed E-state index contributed by atoms with van der Waals surface area (Å²) in [7, 11) is 0. The summed E-state index contributed by atoms with van der Waals surface area (Å²) in [6.07, 6.45) is 7.31. The van der Waals surface area contributed by atoms with E-state index in [2.05, 4.69) is 32.3 Å². The minimum absolute atomic E-state index is 0. The molecule has 0 bridgehead atoms. The molecule has 1 aliphatic rings. The maximum Gasteiger partial charge on any atom is 0.185 e. The highest BCUT2D eigenvalue weighted by Gasteiger charge is 2.21. The summed E-state index contributed by atoms with van der Waals surface area (Å²) in [5.74, 6) is 0.818. The lowest BCUT2D eigenvalue weighted by Gasteiger charge is -2.33. The zero-order valence-electron chi connectivity index (χ0n) is 14.5. The van der Waals surface area contributed by atoms with E-state index in [1.165, 1.54) is 19.3 Å². The average Bonchev–Trinajstić information content (AvgIpc) is 3.33. The average molecular weight is 393 g/mol. The molecule has 1 unspecified atom stereocenters. The van der Waals surface area contributed by atoms with Gasteiger partial charge in [0.05, 0.1) is 10.6 Å². The lowest BCUT2D eigenvalue weighted by atomic mass is 10.1. The van der Waals surface area contributed by atoms with Gasteiger partial charge in [-0.2, -0.15) is 0 Å². The number of ether oxygens (including phenoxy) is 1. The van der Waals surface area contributed by atoms with Gasteiger partial charge in [-0.25, -0.2) is 9.67 Å². The van der Waals surface area contributed by atoms with Gasteiger partial charge in [-0.15, -0.1) is 17.5 Å². The van der Waals surface area contributed by atoms with Crippen molar-refractivity contribution in [3.8, 4) is 11.4 Å². The van der Waals surface area contributed by atoms with E-state index in [1.54, 1.807) is 22.3 Å². The van der Waals surface area contributed by atoms with Crippen LogP contribution in [0.1, 0.15) is 31.1 Å². The summed E-state index contributed by atoms with van der Waals surface area (Å²) < 4.78 is 7.49. The lowest BCUT2D eigenvalue weighted by Crippen LogP contribution is -2.37. The highest BCUT2D eigenvalue weighted by molar-refractivity contribution is 7.15. The molecule has 0 saturated carbocycles. The van der Waals surface area contributed by atoms with E-state index in [0.717, 1.165) is 28.0 Å². The molecule has 1 aliphatic heterocycles. The zero-order chi connectivity index (χ0) is 17.1. The number of thiazole rings is 1. The maximum atomic E-state index is 5.88. The van der Waals surface area contributed by atoms with Crippen LogP contribution in [-0.4, -0.2) is 37.8 Å². The third-order valence-electron chi connectivity index (χ3n) is 4.42. The standard InChI is InChI=1S/C17H20N6OS.ClH/c1-13-4-2-3-9-22(13)17-18-10-16(25-17)11-24-15-7-5-14(6-8-15)23-12-19-20-21-23;/h5-8,10,12-13H,2-4,9,11H2,1H3;1H. The molecule has 4 rings (SSSR count). The van der Waals surface area contributed by atoms with Gasteiger partial charge in [0.25, 0.3) is 0 Å². The van der Waals surface area contributed by atoms with Gasteiger partial charge in [0.15, 0.2) is 5.13 Å². The van der Waals surface area contributed by atoms with Crippen molar-refractivity contribution in [1.29, 1.82) is 0 Å².